The van der Waals surface area contributed by atoms with Gasteiger partial charge in [-0.3, -0.25) is 9.69 Å². The highest BCUT2D eigenvalue weighted by Gasteiger charge is 2.27. The summed E-state index contributed by atoms with van der Waals surface area (Å²) in [5.74, 6) is 2.21. The number of rotatable bonds is 3. The smallest absolute Gasteiger partial charge is 0.322 e. The van der Waals surface area contributed by atoms with Crippen molar-refractivity contribution in [3.63, 3.8) is 0 Å². The van der Waals surface area contributed by atoms with Crippen molar-refractivity contribution >= 4 is 17.7 Å². The second kappa shape index (κ2) is 4.86. The van der Waals surface area contributed by atoms with Crippen LogP contribution >= 0.6 is 11.8 Å². The highest BCUT2D eigenvalue weighted by atomic mass is 32.2. The molecule has 0 bridgehead atoms. The first-order valence-electron chi connectivity index (χ1n) is 4.54. The topological polar surface area (TPSA) is 29.5 Å². The van der Waals surface area contributed by atoms with Crippen LogP contribution in [0.2, 0.25) is 0 Å². The van der Waals surface area contributed by atoms with Crippen molar-refractivity contribution in [3.8, 4) is 0 Å². The van der Waals surface area contributed by atoms with E-state index in [1.165, 1.54) is 19.3 Å². The molecule has 0 spiro atoms. The van der Waals surface area contributed by atoms with Crippen molar-refractivity contribution in [1.82, 2.24) is 4.90 Å². The van der Waals surface area contributed by atoms with Crippen LogP contribution in [0.4, 0.5) is 0 Å². The van der Waals surface area contributed by atoms with Gasteiger partial charge in [0.15, 0.2) is 0 Å². The van der Waals surface area contributed by atoms with E-state index in [0.29, 0.717) is 6.04 Å². The minimum absolute atomic E-state index is 0.117. The molecule has 2 unspecified atom stereocenters. The summed E-state index contributed by atoms with van der Waals surface area (Å²) >= 11 is 1.95. The average Bonchev–Trinajstić information content (AvgIpc) is 2.67. The number of carbonyl (C=O) groups is 1. The maximum atomic E-state index is 11.2. The summed E-state index contributed by atoms with van der Waals surface area (Å²) in [5.41, 5.74) is 0. The molecule has 1 rings (SSSR count). The number of hydrogen-bond donors (Lipinski definition) is 0. The lowest BCUT2D eigenvalue weighted by molar-refractivity contribution is -0.146. The Balaban J connectivity index is 2.45. The van der Waals surface area contributed by atoms with Gasteiger partial charge in [0.25, 0.3) is 0 Å². The molecular weight excluding hydrogens is 186 g/mol. The van der Waals surface area contributed by atoms with Crippen molar-refractivity contribution in [1.29, 1.82) is 0 Å². The van der Waals surface area contributed by atoms with E-state index < -0.39 is 0 Å². The molecule has 1 saturated heterocycles. The number of likely N-dealkylation sites (N-methyl/N-ethyl adjacent to an activating group) is 1. The molecule has 3 nitrogen and oxygen atoms in total. The first-order chi connectivity index (χ1) is 6.16. The molecule has 0 aromatic heterocycles. The van der Waals surface area contributed by atoms with E-state index in [1.807, 2.05) is 25.7 Å². The molecule has 2 atom stereocenters. The quantitative estimate of drug-likeness (QED) is 0.640. The summed E-state index contributed by atoms with van der Waals surface area (Å²) in [6, 6.07) is 0.424. The summed E-state index contributed by atoms with van der Waals surface area (Å²) in [6.45, 7) is 1.90. The Labute approximate surface area is 83.8 Å². The predicted molar refractivity (Wildman–Crippen MR) is 55.0 cm³/mol. The second-order valence-electron chi connectivity index (χ2n) is 3.38. The maximum absolute atomic E-state index is 11.2. The molecule has 0 aromatic carbocycles. The van der Waals surface area contributed by atoms with Gasteiger partial charge in [-0.15, -0.1) is 0 Å². The Morgan fingerprint density at radius 3 is 2.85 bits per heavy atom. The van der Waals surface area contributed by atoms with Crippen LogP contribution in [-0.4, -0.2) is 48.6 Å². The first-order valence-corrected chi connectivity index (χ1v) is 5.69. The van der Waals surface area contributed by atoms with Gasteiger partial charge in [-0.05, 0) is 26.1 Å². The van der Waals surface area contributed by atoms with Crippen molar-refractivity contribution in [2.75, 3.05) is 25.7 Å². The van der Waals surface area contributed by atoms with Gasteiger partial charge < -0.3 is 4.74 Å². The lowest BCUT2D eigenvalue weighted by Gasteiger charge is -2.27. The van der Waals surface area contributed by atoms with Gasteiger partial charge >= 0.3 is 5.97 Å². The third-order valence-electron chi connectivity index (χ3n) is 2.63. The van der Waals surface area contributed by atoms with Crippen molar-refractivity contribution < 1.29 is 9.53 Å². The zero-order valence-electron chi connectivity index (χ0n) is 8.45. The largest absolute Gasteiger partial charge is 0.468 e. The fourth-order valence-electron chi connectivity index (χ4n) is 1.50. The summed E-state index contributed by atoms with van der Waals surface area (Å²) in [6.07, 6.45) is 1.18. The van der Waals surface area contributed by atoms with Gasteiger partial charge in [0.2, 0.25) is 0 Å². The number of ether oxygens (including phenoxy) is 1. The van der Waals surface area contributed by atoms with Crippen LogP contribution in [-0.2, 0) is 9.53 Å². The molecule has 0 aromatic rings. The fourth-order valence-corrected chi connectivity index (χ4v) is 2.78. The molecule has 1 fully saturated rings. The minimum Gasteiger partial charge on any atom is -0.468 e. The predicted octanol–water partition coefficient (Wildman–Crippen LogP) is 0.985. The van der Waals surface area contributed by atoms with E-state index in [-0.39, 0.29) is 12.0 Å². The second-order valence-corrected chi connectivity index (χ2v) is 4.53. The standard InChI is InChI=1S/C9H17NO2S/c1-7(9(11)12-3)10(2)8-4-5-13-6-8/h7-8H,4-6H2,1-3H3. The summed E-state index contributed by atoms with van der Waals surface area (Å²) < 4.78 is 4.71. The molecule has 76 valence electrons. The van der Waals surface area contributed by atoms with Gasteiger partial charge in [-0.1, -0.05) is 0 Å². The van der Waals surface area contributed by atoms with Crippen LogP contribution < -0.4 is 0 Å². The van der Waals surface area contributed by atoms with Gasteiger partial charge in [-0.2, -0.15) is 11.8 Å². The molecule has 0 N–H and O–H groups in total. The Morgan fingerprint density at radius 1 is 1.69 bits per heavy atom. The number of hydrogen-bond acceptors (Lipinski definition) is 4. The lowest BCUT2D eigenvalue weighted by atomic mass is 10.2. The number of nitrogens with zero attached hydrogens (tertiary/aromatic N) is 1. The van der Waals surface area contributed by atoms with Crippen LogP contribution in [0.5, 0.6) is 0 Å². The molecule has 13 heavy (non-hydrogen) atoms. The molecular formula is C9H17NO2S. The van der Waals surface area contributed by atoms with E-state index >= 15 is 0 Å². The molecule has 0 amide bonds. The van der Waals surface area contributed by atoms with Gasteiger partial charge in [0.1, 0.15) is 6.04 Å². The van der Waals surface area contributed by atoms with Gasteiger partial charge in [-0.25, -0.2) is 0 Å². The zero-order valence-corrected chi connectivity index (χ0v) is 9.26. The Morgan fingerprint density at radius 2 is 2.38 bits per heavy atom. The third kappa shape index (κ3) is 2.61. The maximum Gasteiger partial charge on any atom is 0.322 e. The van der Waals surface area contributed by atoms with E-state index in [4.69, 9.17) is 4.74 Å². The molecule has 1 heterocycles. The van der Waals surface area contributed by atoms with E-state index in [0.717, 1.165) is 5.75 Å². The third-order valence-corrected chi connectivity index (χ3v) is 3.78. The Bertz CT molecular complexity index is 180. The van der Waals surface area contributed by atoms with Gasteiger partial charge in [0.05, 0.1) is 7.11 Å². The average molecular weight is 203 g/mol. The highest BCUT2D eigenvalue weighted by molar-refractivity contribution is 7.99. The number of esters is 1. The normalized spacial score (nSPS) is 24.8. The van der Waals surface area contributed by atoms with Crippen LogP contribution in [0.3, 0.4) is 0 Å². The van der Waals surface area contributed by atoms with E-state index in [2.05, 4.69) is 4.90 Å². The van der Waals surface area contributed by atoms with Crippen LogP contribution in [0.15, 0.2) is 0 Å². The SMILES string of the molecule is COC(=O)C(C)N(C)C1CCSC1. The monoisotopic (exact) mass is 203 g/mol. The Kier molecular flexibility index (Phi) is 4.06. The van der Waals surface area contributed by atoms with Crippen LogP contribution in [0.1, 0.15) is 13.3 Å². The zero-order chi connectivity index (χ0) is 9.84. The Hall–Kier alpha value is -0.220. The molecule has 0 aliphatic carbocycles. The number of thioether (sulfide) groups is 1. The van der Waals surface area contributed by atoms with Crippen LogP contribution in [0, 0.1) is 0 Å². The van der Waals surface area contributed by atoms with Crippen LogP contribution in [0.25, 0.3) is 0 Å². The molecule has 0 radical (unpaired) electrons. The van der Waals surface area contributed by atoms with E-state index in [9.17, 15) is 4.79 Å². The molecule has 1 aliphatic heterocycles. The van der Waals surface area contributed by atoms with Crippen molar-refractivity contribution in [2.45, 2.75) is 25.4 Å². The van der Waals surface area contributed by atoms with Crippen molar-refractivity contribution in [2.24, 2.45) is 0 Å². The molecule has 0 saturated carbocycles. The van der Waals surface area contributed by atoms with Gasteiger partial charge in [0, 0.05) is 11.8 Å². The fraction of sp³-hybridized carbons (Fsp3) is 0.889. The first kappa shape index (κ1) is 10.9. The highest BCUT2D eigenvalue weighted by Crippen LogP contribution is 2.22. The number of carbonyl (C=O) groups excluding carboxylic acids is 1. The van der Waals surface area contributed by atoms with E-state index in [1.54, 1.807) is 0 Å². The molecule has 1 aliphatic rings. The number of methoxy groups -OCH3 is 1. The minimum atomic E-state index is -0.139. The lowest BCUT2D eigenvalue weighted by Crippen LogP contribution is -2.43. The summed E-state index contributed by atoms with van der Waals surface area (Å²) in [4.78, 5) is 13.4. The summed E-state index contributed by atoms with van der Waals surface area (Å²) in [5, 5.41) is 0. The van der Waals surface area contributed by atoms with Crippen molar-refractivity contribution in [3.05, 3.63) is 0 Å². The molecule has 4 heteroatoms. The summed E-state index contributed by atoms with van der Waals surface area (Å²) in [7, 11) is 3.44.